The van der Waals surface area contributed by atoms with Gasteiger partial charge in [0.15, 0.2) is 0 Å². The van der Waals surface area contributed by atoms with E-state index >= 15 is 0 Å². The molecule has 0 unspecified atom stereocenters. The minimum absolute atomic E-state index is 0.0309. The molecule has 0 bridgehead atoms. The number of nitro benzene ring substituents is 1. The van der Waals surface area contributed by atoms with Crippen molar-refractivity contribution in [3.63, 3.8) is 0 Å². The lowest BCUT2D eigenvalue weighted by molar-refractivity contribution is -0.384. The zero-order valence-electron chi connectivity index (χ0n) is 25.1. The molecule has 8 nitrogen and oxygen atoms in total. The number of rotatable bonds is 10. The second-order valence-corrected chi connectivity index (χ2v) is 12.6. The number of carbonyl (C=O) groups is 1. The van der Waals surface area contributed by atoms with Crippen molar-refractivity contribution in [2.45, 2.75) is 11.4 Å². The van der Waals surface area contributed by atoms with Crippen LogP contribution in [-0.2, 0) is 6.54 Å². The minimum Gasteiger partial charge on any atom is -0.456 e. The summed E-state index contributed by atoms with van der Waals surface area (Å²) in [6, 6.07) is 35.7. The van der Waals surface area contributed by atoms with Gasteiger partial charge in [-0.2, -0.15) is 0 Å². The first-order chi connectivity index (χ1) is 22.8. The van der Waals surface area contributed by atoms with Crippen molar-refractivity contribution in [1.82, 2.24) is 9.62 Å². The second-order valence-electron chi connectivity index (χ2n) is 10.9. The van der Waals surface area contributed by atoms with E-state index in [0.29, 0.717) is 22.0 Å². The largest absolute Gasteiger partial charge is 0.456 e. The first-order valence-electron chi connectivity index (χ1n) is 14.9. The normalized spacial score (nSPS) is 13.3. The number of benzene rings is 5. The summed E-state index contributed by atoms with van der Waals surface area (Å²) in [5.74, 6) is 0.617. The first-order valence-corrected chi connectivity index (χ1v) is 16.5. The molecule has 1 aliphatic heterocycles. The summed E-state index contributed by atoms with van der Waals surface area (Å²) < 4.78 is 9.00. The van der Waals surface area contributed by atoms with Crippen LogP contribution in [0.2, 0.25) is 10.0 Å². The Kier molecular flexibility index (Phi) is 10.3. The van der Waals surface area contributed by atoms with Gasteiger partial charge >= 0.3 is 0 Å². The third-order valence-electron chi connectivity index (χ3n) is 7.86. The molecule has 1 N–H and O–H groups in total. The van der Waals surface area contributed by atoms with Crippen molar-refractivity contribution in [3.8, 4) is 22.6 Å². The lowest BCUT2D eigenvalue weighted by atomic mass is 9.99. The topological polar surface area (TPSA) is 87.9 Å². The van der Waals surface area contributed by atoms with Gasteiger partial charge in [0.25, 0.3) is 11.6 Å². The third-order valence-corrected chi connectivity index (χ3v) is 9.21. The Morgan fingerprint density at radius 2 is 1.57 bits per heavy atom. The number of ether oxygens (including phenoxy) is 1. The molecule has 1 heterocycles. The molecule has 1 fully saturated rings. The number of piperazine rings is 1. The van der Waals surface area contributed by atoms with Gasteiger partial charge in [-0.25, -0.2) is 0 Å². The molecule has 0 radical (unpaired) electrons. The van der Waals surface area contributed by atoms with Gasteiger partial charge in [0.2, 0.25) is 0 Å². The zero-order valence-corrected chi connectivity index (χ0v) is 27.5. The number of para-hydroxylation sites is 1. The summed E-state index contributed by atoms with van der Waals surface area (Å²) in [6.07, 6.45) is 0. The average molecular weight is 686 g/mol. The Bertz CT molecular complexity index is 1880. The Morgan fingerprint density at radius 3 is 2.32 bits per heavy atom. The van der Waals surface area contributed by atoms with E-state index in [-0.39, 0.29) is 10.7 Å². The monoisotopic (exact) mass is 684 g/mol. The number of hydrogen-bond donors (Lipinski definition) is 1. The Labute approximate surface area is 287 Å². The van der Waals surface area contributed by atoms with Crippen molar-refractivity contribution in [3.05, 3.63) is 147 Å². The van der Waals surface area contributed by atoms with Gasteiger partial charge in [-0.15, -0.1) is 0 Å². The van der Waals surface area contributed by atoms with E-state index in [0.717, 1.165) is 60.9 Å². The predicted octanol–water partition coefficient (Wildman–Crippen LogP) is 9.12. The highest BCUT2D eigenvalue weighted by Gasteiger charge is 2.22. The zero-order chi connectivity index (χ0) is 32.8. The maximum Gasteiger partial charge on any atom is 0.289 e. The van der Waals surface area contributed by atoms with Gasteiger partial charge in [-0.1, -0.05) is 77.8 Å². The lowest BCUT2D eigenvalue weighted by Crippen LogP contribution is -2.46. The first kappa shape index (κ1) is 32.4. The number of hydrogen-bond acceptors (Lipinski definition) is 7. The highest BCUT2D eigenvalue weighted by molar-refractivity contribution is 7.98. The highest BCUT2D eigenvalue weighted by Crippen LogP contribution is 2.33. The molecule has 0 atom stereocenters. The molecule has 47 heavy (non-hydrogen) atoms. The van der Waals surface area contributed by atoms with Gasteiger partial charge in [-0.3, -0.25) is 24.5 Å². The van der Waals surface area contributed by atoms with Crippen LogP contribution in [0.15, 0.2) is 120 Å². The molecule has 11 heteroatoms. The number of carbonyl (C=O) groups excluding carboxylic acids is 1. The predicted molar refractivity (Wildman–Crippen MR) is 189 cm³/mol. The average Bonchev–Trinajstić information content (AvgIpc) is 3.09. The van der Waals surface area contributed by atoms with Gasteiger partial charge < -0.3 is 9.64 Å². The molecule has 238 valence electrons. The Hall–Kier alpha value is -4.54. The number of anilines is 1. The standard InChI is InChI=1S/C36H30Cl2N4O4S/c37-27-12-10-25(11-13-27)31-9-5-4-6-26(31)24-40-18-20-41(21-19-40)28-14-16-32(35(22-28)46-29-7-2-1-3-8-29)36(43)39-47-30-15-17-33(38)34(23-30)42(44)45/h1-17,22-23H,18-21,24H2,(H,39,43). The van der Waals surface area contributed by atoms with Crippen LogP contribution in [0.5, 0.6) is 11.5 Å². The number of nitro groups is 1. The summed E-state index contributed by atoms with van der Waals surface area (Å²) in [6.45, 7) is 4.20. The fraction of sp³-hybridized carbons (Fsp3) is 0.139. The van der Waals surface area contributed by atoms with E-state index in [1.807, 2.05) is 54.6 Å². The molecule has 0 aliphatic carbocycles. The van der Waals surface area contributed by atoms with Crippen molar-refractivity contribution in [2.75, 3.05) is 31.1 Å². The van der Waals surface area contributed by atoms with Gasteiger partial charge in [0.1, 0.15) is 16.5 Å². The van der Waals surface area contributed by atoms with Crippen LogP contribution in [0.3, 0.4) is 0 Å². The smallest absolute Gasteiger partial charge is 0.289 e. The van der Waals surface area contributed by atoms with Crippen molar-refractivity contribution in [1.29, 1.82) is 0 Å². The molecular formula is C36H30Cl2N4O4S. The summed E-state index contributed by atoms with van der Waals surface area (Å²) in [5, 5.41) is 12.0. The van der Waals surface area contributed by atoms with E-state index < -0.39 is 10.8 Å². The third kappa shape index (κ3) is 8.07. The molecule has 0 aromatic heterocycles. The number of nitrogens with one attached hydrogen (secondary N) is 1. The quantitative estimate of drug-likeness (QED) is 0.0892. The fourth-order valence-electron chi connectivity index (χ4n) is 5.43. The van der Waals surface area contributed by atoms with E-state index in [4.69, 9.17) is 27.9 Å². The maximum atomic E-state index is 13.4. The van der Waals surface area contributed by atoms with Crippen LogP contribution in [0, 0.1) is 10.1 Å². The molecule has 0 spiro atoms. The molecule has 5 aromatic rings. The Balaban J connectivity index is 1.15. The second kappa shape index (κ2) is 14.9. The minimum atomic E-state index is -0.557. The molecule has 5 aromatic carbocycles. The van der Waals surface area contributed by atoms with E-state index in [1.165, 1.54) is 23.3 Å². The van der Waals surface area contributed by atoms with Crippen molar-refractivity contribution >= 4 is 52.4 Å². The molecule has 1 saturated heterocycles. The number of nitrogens with zero attached hydrogens (tertiary/aromatic N) is 3. The molecule has 0 saturated carbocycles. The van der Waals surface area contributed by atoms with Crippen LogP contribution in [-0.4, -0.2) is 41.9 Å². The maximum absolute atomic E-state index is 13.4. The molecule has 6 rings (SSSR count). The molecular weight excluding hydrogens is 655 g/mol. The van der Waals surface area contributed by atoms with Gasteiger partial charge in [0.05, 0.1) is 10.5 Å². The van der Waals surface area contributed by atoms with Gasteiger partial charge in [0, 0.05) is 60.5 Å². The number of amides is 1. The van der Waals surface area contributed by atoms with Crippen LogP contribution in [0.4, 0.5) is 11.4 Å². The van der Waals surface area contributed by atoms with Crippen LogP contribution >= 0.6 is 35.1 Å². The van der Waals surface area contributed by atoms with Crippen LogP contribution in [0.25, 0.3) is 11.1 Å². The summed E-state index contributed by atoms with van der Waals surface area (Å²) >= 11 is 13.0. The Morgan fingerprint density at radius 1 is 0.851 bits per heavy atom. The summed E-state index contributed by atoms with van der Waals surface area (Å²) in [4.78, 5) is 29.3. The van der Waals surface area contributed by atoms with E-state index in [2.05, 4.69) is 50.9 Å². The number of halogens is 2. The van der Waals surface area contributed by atoms with E-state index in [9.17, 15) is 14.9 Å². The van der Waals surface area contributed by atoms with E-state index in [1.54, 1.807) is 12.1 Å². The van der Waals surface area contributed by atoms with Crippen LogP contribution in [0.1, 0.15) is 15.9 Å². The fourth-order valence-corrected chi connectivity index (χ4v) is 6.37. The summed E-state index contributed by atoms with van der Waals surface area (Å²) in [5.41, 5.74) is 4.68. The summed E-state index contributed by atoms with van der Waals surface area (Å²) in [7, 11) is 0. The molecule has 1 amide bonds. The van der Waals surface area contributed by atoms with Crippen molar-refractivity contribution in [2.24, 2.45) is 0 Å². The lowest BCUT2D eigenvalue weighted by Gasteiger charge is -2.36. The van der Waals surface area contributed by atoms with Crippen molar-refractivity contribution < 1.29 is 14.5 Å². The highest BCUT2D eigenvalue weighted by atomic mass is 35.5. The van der Waals surface area contributed by atoms with Gasteiger partial charge in [-0.05, 0) is 77.2 Å². The van der Waals surface area contributed by atoms with Crippen LogP contribution < -0.4 is 14.4 Å². The SMILES string of the molecule is O=C(NSc1ccc(Cl)c([N+](=O)[O-])c1)c1ccc(N2CCN(Cc3ccccc3-c3ccc(Cl)cc3)CC2)cc1Oc1ccccc1. The molecule has 1 aliphatic rings.